The van der Waals surface area contributed by atoms with Crippen LogP contribution in [0.4, 0.5) is 5.69 Å². The van der Waals surface area contributed by atoms with Gasteiger partial charge < -0.3 is 4.90 Å². The second kappa shape index (κ2) is 4.45. The molecule has 1 amide bonds. The van der Waals surface area contributed by atoms with Crippen LogP contribution in [0.25, 0.3) is 0 Å². The van der Waals surface area contributed by atoms with Gasteiger partial charge in [-0.2, -0.15) is 5.10 Å². The number of benzene rings is 1. The van der Waals surface area contributed by atoms with Crippen molar-refractivity contribution in [1.29, 1.82) is 0 Å². The summed E-state index contributed by atoms with van der Waals surface area (Å²) in [6.45, 7) is 0.732. The Hall–Kier alpha value is -1.62. The molecule has 0 saturated heterocycles. The van der Waals surface area contributed by atoms with Crippen molar-refractivity contribution in [3.05, 3.63) is 45.7 Å². The third-order valence-electron chi connectivity index (χ3n) is 4.02. The lowest BCUT2D eigenvalue weighted by molar-refractivity contribution is 0.0984. The van der Waals surface area contributed by atoms with Crippen molar-refractivity contribution in [3.63, 3.8) is 0 Å². The van der Waals surface area contributed by atoms with Gasteiger partial charge in [0.2, 0.25) is 0 Å². The second-order valence-electron chi connectivity index (χ2n) is 5.46. The van der Waals surface area contributed by atoms with Gasteiger partial charge in [-0.1, -0.05) is 22.0 Å². The molecule has 1 fully saturated rings. The minimum Gasteiger partial charge on any atom is -0.306 e. The standard InChI is InChI=1S/C15H14BrN3O/c16-11-4-3-10-5-6-19(14(10)7-11)15(20)13-8-12(17-18-13)9-1-2-9/h3-4,7-9H,1-2,5-6H2,(H,17,18). The molecule has 2 aliphatic rings. The fourth-order valence-corrected chi connectivity index (χ4v) is 3.10. The van der Waals surface area contributed by atoms with E-state index >= 15 is 0 Å². The van der Waals surface area contributed by atoms with Crippen LogP contribution in [0.5, 0.6) is 0 Å². The van der Waals surface area contributed by atoms with Crippen LogP contribution >= 0.6 is 15.9 Å². The molecule has 1 aromatic heterocycles. The van der Waals surface area contributed by atoms with Crippen molar-refractivity contribution >= 4 is 27.5 Å². The summed E-state index contributed by atoms with van der Waals surface area (Å²) >= 11 is 3.47. The zero-order valence-electron chi connectivity index (χ0n) is 10.9. The molecule has 2 heterocycles. The van der Waals surface area contributed by atoms with Gasteiger partial charge in [0, 0.05) is 28.3 Å². The molecule has 4 rings (SSSR count). The average molecular weight is 332 g/mol. The highest BCUT2D eigenvalue weighted by Gasteiger charge is 2.30. The Bertz CT molecular complexity index is 690. The zero-order chi connectivity index (χ0) is 13.7. The first-order valence-electron chi connectivity index (χ1n) is 6.88. The Kier molecular flexibility index (Phi) is 2.70. The van der Waals surface area contributed by atoms with E-state index in [1.54, 1.807) is 0 Å². The van der Waals surface area contributed by atoms with Crippen LogP contribution in [0.2, 0.25) is 0 Å². The number of carbonyl (C=O) groups excluding carboxylic acids is 1. The number of nitrogens with zero attached hydrogens (tertiary/aromatic N) is 2. The van der Waals surface area contributed by atoms with Gasteiger partial charge in [0.25, 0.3) is 5.91 Å². The topological polar surface area (TPSA) is 49.0 Å². The van der Waals surface area contributed by atoms with Crippen LogP contribution in [0.15, 0.2) is 28.7 Å². The molecule has 1 N–H and O–H groups in total. The van der Waals surface area contributed by atoms with Gasteiger partial charge in [-0.3, -0.25) is 9.89 Å². The first-order chi connectivity index (χ1) is 9.72. The number of nitrogens with one attached hydrogen (secondary N) is 1. The molecule has 20 heavy (non-hydrogen) atoms. The molecule has 0 radical (unpaired) electrons. The van der Waals surface area contributed by atoms with Crippen LogP contribution in [0, 0.1) is 0 Å². The number of halogens is 1. The van der Waals surface area contributed by atoms with Gasteiger partial charge in [0.15, 0.2) is 5.69 Å². The van der Waals surface area contributed by atoms with Crippen LogP contribution < -0.4 is 4.90 Å². The van der Waals surface area contributed by atoms with Crippen LogP contribution in [0.3, 0.4) is 0 Å². The minimum atomic E-state index is -0.00926. The van der Waals surface area contributed by atoms with Crippen LogP contribution in [-0.4, -0.2) is 22.6 Å². The van der Waals surface area contributed by atoms with Crippen molar-refractivity contribution in [3.8, 4) is 0 Å². The highest BCUT2D eigenvalue weighted by Crippen LogP contribution is 2.39. The number of fused-ring (bicyclic) bond motifs is 1. The number of aromatic amines is 1. The predicted molar refractivity (Wildman–Crippen MR) is 80.1 cm³/mol. The number of carbonyl (C=O) groups is 1. The van der Waals surface area contributed by atoms with E-state index in [4.69, 9.17) is 0 Å². The van der Waals surface area contributed by atoms with Gasteiger partial charge in [-0.25, -0.2) is 0 Å². The summed E-state index contributed by atoms with van der Waals surface area (Å²) in [6.07, 6.45) is 3.32. The lowest BCUT2D eigenvalue weighted by Crippen LogP contribution is -2.29. The average Bonchev–Trinajstić information content (AvgIpc) is 3.03. The van der Waals surface area contributed by atoms with Gasteiger partial charge in [-0.05, 0) is 43.0 Å². The van der Waals surface area contributed by atoms with E-state index in [1.165, 1.54) is 18.4 Å². The fraction of sp³-hybridized carbons (Fsp3) is 0.333. The predicted octanol–water partition coefficient (Wildman–Crippen LogP) is 3.25. The molecule has 4 nitrogen and oxygen atoms in total. The van der Waals surface area contributed by atoms with E-state index < -0.39 is 0 Å². The van der Waals surface area contributed by atoms with E-state index in [-0.39, 0.29) is 5.91 Å². The number of hydrogen-bond donors (Lipinski definition) is 1. The quantitative estimate of drug-likeness (QED) is 0.918. The summed E-state index contributed by atoms with van der Waals surface area (Å²) in [7, 11) is 0. The largest absolute Gasteiger partial charge is 0.306 e. The Balaban J connectivity index is 1.64. The smallest absolute Gasteiger partial charge is 0.278 e. The number of amides is 1. The van der Waals surface area contributed by atoms with Crippen molar-refractivity contribution in [1.82, 2.24) is 10.2 Å². The lowest BCUT2D eigenvalue weighted by Gasteiger charge is -2.16. The number of aromatic nitrogens is 2. The summed E-state index contributed by atoms with van der Waals surface area (Å²) < 4.78 is 0.997. The molecule has 2 aromatic rings. The summed E-state index contributed by atoms with van der Waals surface area (Å²) in [5.74, 6) is 0.578. The first-order valence-corrected chi connectivity index (χ1v) is 7.67. The molecule has 0 unspecified atom stereocenters. The molecule has 102 valence electrons. The molecule has 0 bridgehead atoms. The van der Waals surface area contributed by atoms with Crippen LogP contribution in [0.1, 0.15) is 40.5 Å². The van der Waals surface area contributed by atoms with E-state index in [9.17, 15) is 4.79 Å². The zero-order valence-corrected chi connectivity index (χ0v) is 12.5. The molecular weight excluding hydrogens is 318 g/mol. The first kappa shape index (κ1) is 12.1. The fourth-order valence-electron chi connectivity index (χ4n) is 2.75. The van der Waals surface area contributed by atoms with E-state index in [0.29, 0.717) is 11.6 Å². The normalized spacial score (nSPS) is 17.4. The summed E-state index contributed by atoms with van der Waals surface area (Å²) in [5.41, 5.74) is 3.85. The van der Waals surface area contributed by atoms with Crippen molar-refractivity contribution in [2.24, 2.45) is 0 Å². The molecule has 1 aromatic carbocycles. The van der Waals surface area contributed by atoms with Gasteiger partial charge in [0.1, 0.15) is 0 Å². The summed E-state index contributed by atoms with van der Waals surface area (Å²) in [6, 6.07) is 8.02. The van der Waals surface area contributed by atoms with Gasteiger partial charge in [0.05, 0.1) is 0 Å². The highest BCUT2D eigenvalue weighted by atomic mass is 79.9. The number of hydrogen-bond acceptors (Lipinski definition) is 2. The third kappa shape index (κ3) is 1.97. The van der Waals surface area contributed by atoms with Crippen LogP contribution in [-0.2, 0) is 6.42 Å². The van der Waals surface area contributed by atoms with E-state index in [0.717, 1.165) is 28.8 Å². The third-order valence-corrected chi connectivity index (χ3v) is 4.52. The molecular formula is C15H14BrN3O. The Morgan fingerprint density at radius 2 is 2.20 bits per heavy atom. The molecule has 5 heteroatoms. The maximum absolute atomic E-state index is 12.6. The molecule has 1 saturated carbocycles. The highest BCUT2D eigenvalue weighted by molar-refractivity contribution is 9.10. The monoisotopic (exact) mass is 331 g/mol. The molecule has 1 aliphatic carbocycles. The molecule has 1 aliphatic heterocycles. The maximum atomic E-state index is 12.6. The Morgan fingerprint density at radius 1 is 1.35 bits per heavy atom. The summed E-state index contributed by atoms with van der Waals surface area (Å²) in [5, 5.41) is 7.19. The number of rotatable bonds is 2. The van der Waals surface area contributed by atoms with Crippen molar-refractivity contribution in [2.45, 2.75) is 25.2 Å². The van der Waals surface area contributed by atoms with Gasteiger partial charge >= 0.3 is 0 Å². The molecule has 0 atom stereocenters. The lowest BCUT2D eigenvalue weighted by atomic mass is 10.2. The summed E-state index contributed by atoms with van der Waals surface area (Å²) in [4.78, 5) is 14.4. The van der Waals surface area contributed by atoms with E-state index in [1.807, 2.05) is 23.1 Å². The maximum Gasteiger partial charge on any atom is 0.278 e. The number of anilines is 1. The number of H-pyrrole nitrogens is 1. The van der Waals surface area contributed by atoms with Gasteiger partial charge in [-0.15, -0.1) is 0 Å². The van der Waals surface area contributed by atoms with Crippen molar-refractivity contribution < 1.29 is 4.79 Å². The van der Waals surface area contributed by atoms with E-state index in [2.05, 4.69) is 32.2 Å². The SMILES string of the molecule is O=C(c1cc(C2CC2)[nH]n1)N1CCc2ccc(Br)cc21. The van der Waals surface area contributed by atoms with Crippen molar-refractivity contribution in [2.75, 3.05) is 11.4 Å². The minimum absolute atomic E-state index is 0.00926. The Labute approximate surface area is 125 Å². The Morgan fingerprint density at radius 3 is 3.00 bits per heavy atom. The molecule has 0 spiro atoms. The second-order valence-corrected chi connectivity index (χ2v) is 6.38.